The Morgan fingerprint density at radius 2 is 2.03 bits per heavy atom. The number of thiophene rings is 1. The number of nitrogens with zero attached hydrogens (tertiary/aromatic N) is 1. The molecule has 2 aromatic rings. The van der Waals surface area contributed by atoms with E-state index in [9.17, 15) is 9.59 Å². The van der Waals surface area contributed by atoms with Gasteiger partial charge in [-0.1, -0.05) is 11.3 Å². The minimum Gasteiger partial charge on any atom is -0.399 e. The Balaban J connectivity index is 1.42. The number of carbonyl (C=O) groups is 2. The van der Waals surface area contributed by atoms with Crippen LogP contribution in [0.3, 0.4) is 0 Å². The van der Waals surface area contributed by atoms with E-state index >= 15 is 0 Å². The zero-order valence-corrected chi connectivity index (χ0v) is 19.8. The molecule has 2 amide bonds. The van der Waals surface area contributed by atoms with Crippen molar-refractivity contribution in [2.24, 2.45) is 0 Å². The number of halogens is 1. The highest BCUT2D eigenvalue weighted by Crippen LogP contribution is 2.30. The molecule has 3 N–H and O–H groups in total. The number of amides is 2. The summed E-state index contributed by atoms with van der Waals surface area (Å²) in [5, 5.41) is 14.2. The number of hydrogen-bond acceptors (Lipinski definition) is 7. The molecule has 11 heteroatoms. The van der Waals surface area contributed by atoms with Crippen molar-refractivity contribution in [1.29, 1.82) is 5.41 Å². The molecule has 2 aliphatic rings. The summed E-state index contributed by atoms with van der Waals surface area (Å²) in [6.45, 7) is 3.77. The van der Waals surface area contributed by atoms with Crippen molar-refractivity contribution >= 4 is 56.5 Å². The number of aryl methyl sites for hydroxylation is 1. The number of benzene rings is 1. The van der Waals surface area contributed by atoms with Gasteiger partial charge >= 0.3 is 6.09 Å². The molecule has 1 aromatic heterocycles. The highest BCUT2D eigenvalue weighted by atomic mass is 79.9. The second-order valence-electron chi connectivity index (χ2n) is 7.56. The Morgan fingerprint density at radius 1 is 1.22 bits per heavy atom. The average Bonchev–Trinajstić information content (AvgIpc) is 3.00. The van der Waals surface area contributed by atoms with Gasteiger partial charge in [0.1, 0.15) is 5.84 Å². The Hall–Kier alpha value is -2.47. The predicted octanol–water partition coefficient (Wildman–Crippen LogP) is 3.52. The third-order valence-electron chi connectivity index (χ3n) is 5.23. The zero-order valence-electron chi connectivity index (χ0n) is 17.4. The number of amidine groups is 1. The first-order chi connectivity index (χ1) is 15.4. The fourth-order valence-electron chi connectivity index (χ4n) is 3.48. The number of ether oxygens (including phenoxy) is 3. The first kappa shape index (κ1) is 22.7. The lowest BCUT2D eigenvalue weighted by atomic mass is 9.96. The normalized spacial score (nSPS) is 17.8. The fourth-order valence-corrected chi connectivity index (χ4v) is 4.67. The van der Waals surface area contributed by atoms with Gasteiger partial charge < -0.3 is 29.7 Å². The van der Waals surface area contributed by atoms with Crippen molar-refractivity contribution in [3.05, 3.63) is 39.7 Å². The molecule has 0 radical (unpaired) electrons. The van der Waals surface area contributed by atoms with Gasteiger partial charge in [-0.2, -0.15) is 0 Å². The molecular formula is C21H23BrN4O5S. The Kier molecular flexibility index (Phi) is 6.79. The summed E-state index contributed by atoms with van der Waals surface area (Å²) in [7, 11) is 0. The van der Waals surface area contributed by atoms with E-state index in [1.165, 1.54) is 11.3 Å². The molecular weight excluding hydrogens is 500 g/mol. The molecule has 2 fully saturated rings. The van der Waals surface area contributed by atoms with Crippen LogP contribution in [0.1, 0.15) is 12.0 Å². The van der Waals surface area contributed by atoms with E-state index in [2.05, 4.69) is 26.6 Å². The predicted molar refractivity (Wildman–Crippen MR) is 125 cm³/mol. The molecule has 170 valence electrons. The van der Waals surface area contributed by atoms with E-state index < -0.39 is 11.6 Å². The number of carbonyl (C=O) groups excluding carboxylic acids is 2. The van der Waals surface area contributed by atoms with E-state index in [-0.39, 0.29) is 19.1 Å². The molecule has 2 aliphatic heterocycles. The van der Waals surface area contributed by atoms with Crippen LogP contribution in [-0.2, 0) is 14.3 Å². The summed E-state index contributed by atoms with van der Waals surface area (Å²) in [6.07, 6.45) is -0.156. The molecule has 0 bridgehead atoms. The van der Waals surface area contributed by atoms with Crippen LogP contribution in [0.15, 0.2) is 34.1 Å². The van der Waals surface area contributed by atoms with E-state index in [4.69, 9.17) is 19.6 Å². The second kappa shape index (κ2) is 9.57. The zero-order chi connectivity index (χ0) is 22.7. The topological polar surface area (TPSA) is 113 Å². The molecule has 0 atom stereocenters. The van der Waals surface area contributed by atoms with Crippen molar-refractivity contribution < 1.29 is 23.8 Å². The maximum absolute atomic E-state index is 13.0. The van der Waals surface area contributed by atoms with Gasteiger partial charge in [0.2, 0.25) is 0 Å². The van der Waals surface area contributed by atoms with E-state index in [1.54, 1.807) is 18.2 Å². The van der Waals surface area contributed by atoms with Gasteiger partial charge in [0.15, 0.2) is 10.6 Å². The lowest BCUT2D eigenvalue weighted by Crippen LogP contribution is -2.69. The molecule has 4 rings (SSSR count). The van der Waals surface area contributed by atoms with Crippen LogP contribution in [0.2, 0.25) is 0 Å². The average molecular weight is 523 g/mol. The van der Waals surface area contributed by atoms with Crippen molar-refractivity contribution in [1.82, 2.24) is 5.32 Å². The fraction of sp³-hybridized carbons (Fsp3) is 0.381. The van der Waals surface area contributed by atoms with Crippen LogP contribution in [0, 0.1) is 12.3 Å². The number of nitrogens with one attached hydrogen (secondary N) is 3. The maximum Gasteiger partial charge on any atom is 0.414 e. The molecule has 1 aromatic carbocycles. The van der Waals surface area contributed by atoms with Crippen molar-refractivity contribution in [3.8, 4) is 5.06 Å². The molecule has 32 heavy (non-hydrogen) atoms. The quantitative estimate of drug-likeness (QED) is 0.553. The first-order valence-electron chi connectivity index (χ1n) is 10.0. The molecule has 9 nitrogen and oxygen atoms in total. The summed E-state index contributed by atoms with van der Waals surface area (Å²) in [4.78, 5) is 27.2. The molecule has 0 aliphatic carbocycles. The smallest absolute Gasteiger partial charge is 0.399 e. The van der Waals surface area contributed by atoms with Crippen molar-refractivity contribution in [3.63, 3.8) is 0 Å². The molecule has 0 spiro atoms. The summed E-state index contributed by atoms with van der Waals surface area (Å²) in [5.74, 6) is 0.129. The summed E-state index contributed by atoms with van der Waals surface area (Å²) >= 11 is 4.58. The maximum atomic E-state index is 13.0. The summed E-state index contributed by atoms with van der Waals surface area (Å²) < 4.78 is 16.8. The Labute approximate surface area is 197 Å². The van der Waals surface area contributed by atoms with Crippen LogP contribution < -0.4 is 20.3 Å². The minimum absolute atomic E-state index is 0.0596. The van der Waals surface area contributed by atoms with Gasteiger partial charge in [-0.05, 0) is 58.7 Å². The lowest BCUT2D eigenvalue weighted by molar-refractivity contribution is -0.141. The van der Waals surface area contributed by atoms with Gasteiger partial charge in [-0.15, -0.1) is 0 Å². The highest BCUT2D eigenvalue weighted by Gasteiger charge is 2.48. The molecule has 3 heterocycles. The number of rotatable bonds is 5. The van der Waals surface area contributed by atoms with E-state index in [1.807, 2.05) is 24.0 Å². The number of anilines is 2. The van der Waals surface area contributed by atoms with Crippen LogP contribution in [-0.4, -0.2) is 56.3 Å². The second-order valence-corrected chi connectivity index (χ2v) is 9.99. The molecule has 0 saturated carbocycles. The largest absolute Gasteiger partial charge is 0.414 e. The third-order valence-corrected chi connectivity index (χ3v) is 6.73. The van der Waals surface area contributed by atoms with Gasteiger partial charge in [-0.3, -0.25) is 10.2 Å². The van der Waals surface area contributed by atoms with Crippen molar-refractivity contribution in [2.75, 3.05) is 43.2 Å². The van der Waals surface area contributed by atoms with Crippen molar-refractivity contribution in [2.45, 2.75) is 18.9 Å². The minimum atomic E-state index is -1.19. The van der Waals surface area contributed by atoms with Crippen LogP contribution in [0.4, 0.5) is 16.2 Å². The summed E-state index contributed by atoms with van der Waals surface area (Å²) in [6, 6.07) is 8.95. The van der Waals surface area contributed by atoms with Gasteiger partial charge in [0.25, 0.3) is 5.91 Å². The molecule has 0 unspecified atom stereocenters. The number of hydrogen-bond donors (Lipinski definition) is 3. The van der Waals surface area contributed by atoms with Crippen LogP contribution in [0.25, 0.3) is 0 Å². The summed E-state index contributed by atoms with van der Waals surface area (Å²) in [5.41, 5.74) is 1.23. The monoisotopic (exact) mass is 522 g/mol. The third kappa shape index (κ3) is 4.96. The van der Waals surface area contributed by atoms with E-state index in [0.29, 0.717) is 42.8 Å². The first-order valence-corrected chi connectivity index (χ1v) is 11.7. The SMILES string of the molecule is Cc1cc(NC(=O)C2(NC(=O)Oc3ccc(Br)s3)COC2)ccc1N1CCOCCC1=N. The van der Waals surface area contributed by atoms with Gasteiger partial charge in [0, 0.05) is 24.3 Å². The molecule has 2 saturated heterocycles. The van der Waals surface area contributed by atoms with Crippen LogP contribution >= 0.6 is 27.3 Å². The highest BCUT2D eigenvalue weighted by molar-refractivity contribution is 9.11. The Bertz CT molecular complexity index is 1040. The van der Waals surface area contributed by atoms with Crippen LogP contribution in [0.5, 0.6) is 5.06 Å². The van der Waals surface area contributed by atoms with E-state index in [0.717, 1.165) is 15.0 Å². The Morgan fingerprint density at radius 3 is 2.69 bits per heavy atom. The standard InChI is InChI=1S/C21H23BrN4O5S/c1-13-10-14(2-3-15(13)26-7-9-29-8-6-17(26)23)24-19(27)21(11-30-12-21)25-20(28)31-18-5-4-16(22)32-18/h2-5,10,23H,6-9,11-12H2,1H3,(H,24,27)(H,25,28). The van der Waals surface area contributed by atoms with Gasteiger partial charge in [0.05, 0.1) is 30.2 Å². The lowest BCUT2D eigenvalue weighted by Gasteiger charge is -2.39. The van der Waals surface area contributed by atoms with Gasteiger partial charge in [-0.25, -0.2) is 4.79 Å².